The zero-order chi connectivity index (χ0) is 15.7. The molecule has 0 bridgehead atoms. The molecule has 0 spiro atoms. The minimum Gasteiger partial charge on any atom is -0.351 e. The summed E-state index contributed by atoms with van der Waals surface area (Å²) < 4.78 is 0. The molecule has 0 aromatic carbocycles. The number of amides is 2. The number of likely N-dealkylation sites (tertiary alicyclic amines) is 1. The van der Waals surface area contributed by atoms with Crippen molar-refractivity contribution in [2.24, 2.45) is 0 Å². The van der Waals surface area contributed by atoms with Crippen molar-refractivity contribution < 1.29 is 9.59 Å². The van der Waals surface area contributed by atoms with E-state index < -0.39 is 0 Å². The number of nitrogens with one attached hydrogen (secondary N) is 1. The number of fused-ring (bicyclic) bond motifs is 1. The van der Waals surface area contributed by atoms with Gasteiger partial charge in [0.1, 0.15) is 6.04 Å². The Kier molecular flexibility index (Phi) is 4.69. The Bertz CT molecular complexity index is 451. The van der Waals surface area contributed by atoms with E-state index in [-0.39, 0.29) is 28.8 Å². The Morgan fingerprint density at radius 2 is 2.14 bits per heavy atom. The van der Waals surface area contributed by atoms with Gasteiger partial charge in [-0.25, -0.2) is 0 Å². The molecule has 124 valence electrons. The molecule has 3 rings (SSSR count). The molecule has 3 saturated heterocycles. The molecule has 0 aliphatic carbocycles. The number of hydrogen-bond acceptors (Lipinski definition) is 4. The van der Waals surface area contributed by atoms with Gasteiger partial charge in [0.15, 0.2) is 0 Å². The van der Waals surface area contributed by atoms with Crippen molar-refractivity contribution in [3.63, 3.8) is 0 Å². The number of carbonyl (C=O) groups is 2. The Hall–Kier alpha value is -0.750. The summed E-state index contributed by atoms with van der Waals surface area (Å²) in [7, 11) is 0. The fourth-order valence-electron chi connectivity index (χ4n) is 3.93. The maximum absolute atomic E-state index is 12.6. The van der Waals surface area contributed by atoms with Crippen LogP contribution in [0.5, 0.6) is 0 Å². The molecule has 5 nitrogen and oxygen atoms in total. The second-order valence-electron chi connectivity index (χ2n) is 6.89. The van der Waals surface area contributed by atoms with E-state index in [9.17, 15) is 9.59 Å². The summed E-state index contributed by atoms with van der Waals surface area (Å²) in [5.41, 5.74) is 0. The maximum Gasteiger partial charge on any atom is 0.243 e. The van der Waals surface area contributed by atoms with E-state index in [4.69, 9.17) is 0 Å². The van der Waals surface area contributed by atoms with Crippen molar-refractivity contribution in [1.29, 1.82) is 0 Å². The molecule has 2 unspecified atom stereocenters. The maximum atomic E-state index is 12.6. The minimum atomic E-state index is -0.265. The molecule has 0 aromatic heterocycles. The van der Waals surface area contributed by atoms with Crippen LogP contribution in [-0.4, -0.2) is 64.0 Å². The summed E-state index contributed by atoms with van der Waals surface area (Å²) in [6, 6.07) is 0.00818. The minimum absolute atomic E-state index is 0.0559. The average Bonchev–Trinajstić information content (AvgIpc) is 2.98. The summed E-state index contributed by atoms with van der Waals surface area (Å²) in [5, 5.41) is 3.20. The van der Waals surface area contributed by atoms with Crippen LogP contribution >= 0.6 is 11.8 Å². The van der Waals surface area contributed by atoms with Gasteiger partial charge in [0, 0.05) is 31.3 Å². The normalized spacial score (nSPS) is 33.3. The summed E-state index contributed by atoms with van der Waals surface area (Å²) in [6.07, 6.45) is 4.69. The molecule has 3 aliphatic heterocycles. The molecular formula is C16H27N3O2S. The van der Waals surface area contributed by atoms with Crippen LogP contribution in [0.3, 0.4) is 0 Å². The van der Waals surface area contributed by atoms with Crippen molar-refractivity contribution in [3.8, 4) is 0 Å². The van der Waals surface area contributed by atoms with E-state index in [0.717, 1.165) is 44.6 Å². The first kappa shape index (κ1) is 16.1. The molecule has 2 atom stereocenters. The third-order valence-corrected chi connectivity index (χ3v) is 6.73. The SMILES string of the molecule is CCCN1CCC(NC(=O)C2CSC3(C)CCC(=O)N23)CC1. The second kappa shape index (κ2) is 6.40. The Balaban J connectivity index is 1.54. The van der Waals surface area contributed by atoms with Crippen molar-refractivity contribution in [1.82, 2.24) is 15.1 Å². The van der Waals surface area contributed by atoms with Gasteiger partial charge in [-0.1, -0.05) is 6.92 Å². The molecule has 3 aliphatic rings. The lowest BCUT2D eigenvalue weighted by atomic mass is 10.0. The number of piperidine rings is 1. The molecule has 3 heterocycles. The molecule has 3 fully saturated rings. The Labute approximate surface area is 137 Å². The van der Waals surface area contributed by atoms with Crippen LogP contribution in [0.1, 0.15) is 46.0 Å². The highest BCUT2D eigenvalue weighted by atomic mass is 32.2. The summed E-state index contributed by atoms with van der Waals surface area (Å²) in [4.78, 5) is 28.9. The molecule has 0 saturated carbocycles. The van der Waals surface area contributed by atoms with Crippen LogP contribution in [0, 0.1) is 0 Å². The smallest absolute Gasteiger partial charge is 0.243 e. The third-order valence-electron chi connectivity index (χ3n) is 5.22. The zero-order valence-electron chi connectivity index (χ0n) is 13.6. The van der Waals surface area contributed by atoms with E-state index in [1.807, 2.05) is 4.90 Å². The van der Waals surface area contributed by atoms with Gasteiger partial charge in [-0.05, 0) is 39.2 Å². The molecule has 2 amide bonds. The molecular weight excluding hydrogens is 298 g/mol. The third kappa shape index (κ3) is 3.00. The molecule has 6 heteroatoms. The van der Waals surface area contributed by atoms with E-state index in [2.05, 4.69) is 24.1 Å². The molecule has 1 N–H and O–H groups in total. The van der Waals surface area contributed by atoms with E-state index in [0.29, 0.717) is 6.42 Å². The van der Waals surface area contributed by atoms with Gasteiger partial charge >= 0.3 is 0 Å². The lowest BCUT2D eigenvalue weighted by Gasteiger charge is -2.34. The zero-order valence-corrected chi connectivity index (χ0v) is 14.5. The van der Waals surface area contributed by atoms with Crippen LogP contribution in [0.4, 0.5) is 0 Å². The number of rotatable bonds is 4. The monoisotopic (exact) mass is 325 g/mol. The first-order chi connectivity index (χ1) is 10.5. The fourth-order valence-corrected chi connectivity index (χ4v) is 5.36. The van der Waals surface area contributed by atoms with Crippen LogP contribution < -0.4 is 5.32 Å². The number of hydrogen-bond donors (Lipinski definition) is 1. The topological polar surface area (TPSA) is 52.7 Å². The van der Waals surface area contributed by atoms with Gasteiger partial charge in [0.05, 0.1) is 4.87 Å². The fraction of sp³-hybridized carbons (Fsp3) is 0.875. The predicted molar refractivity (Wildman–Crippen MR) is 88.6 cm³/mol. The molecule has 0 aromatic rings. The van der Waals surface area contributed by atoms with Gasteiger partial charge in [0.2, 0.25) is 11.8 Å². The van der Waals surface area contributed by atoms with Gasteiger partial charge in [-0.15, -0.1) is 11.8 Å². The highest BCUT2D eigenvalue weighted by Crippen LogP contribution is 2.47. The number of carbonyl (C=O) groups excluding carboxylic acids is 2. The highest BCUT2D eigenvalue weighted by Gasteiger charge is 2.53. The van der Waals surface area contributed by atoms with Gasteiger partial charge < -0.3 is 15.1 Å². The average molecular weight is 325 g/mol. The molecule has 0 radical (unpaired) electrons. The van der Waals surface area contributed by atoms with E-state index in [1.165, 1.54) is 6.42 Å². The highest BCUT2D eigenvalue weighted by molar-refractivity contribution is 8.01. The Morgan fingerprint density at radius 3 is 2.82 bits per heavy atom. The van der Waals surface area contributed by atoms with Crippen LogP contribution in [0.25, 0.3) is 0 Å². The van der Waals surface area contributed by atoms with Crippen LogP contribution in [0.15, 0.2) is 0 Å². The first-order valence-corrected chi connectivity index (χ1v) is 9.51. The van der Waals surface area contributed by atoms with Crippen LogP contribution in [-0.2, 0) is 9.59 Å². The van der Waals surface area contributed by atoms with Gasteiger partial charge in [0.25, 0.3) is 0 Å². The van der Waals surface area contributed by atoms with E-state index in [1.54, 1.807) is 11.8 Å². The van der Waals surface area contributed by atoms with Crippen molar-refractivity contribution in [2.75, 3.05) is 25.4 Å². The summed E-state index contributed by atoms with van der Waals surface area (Å²) in [5.74, 6) is 0.939. The summed E-state index contributed by atoms with van der Waals surface area (Å²) >= 11 is 1.76. The lowest BCUT2D eigenvalue weighted by molar-refractivity contribution is -0.138. The summed E-state index contributed by atoms with van der Waals surface area (Å²) in [6.45, 7) is 7.59. The van der Waals surface area contributed by atoms with Crippen LogP contribution in [0.2, 0.25) is 0 Å². The predicted octanol–water partition coefficient (Wildman–Crippen LogP) is 1.43. The van der Waals surface area contributed by atoms with E-state index >= 15 is 0 Å². The van der Waals surface area contributed by atoms with Gasteiger partial charge in [-0.3, -0.25) is 9.59 Å². The van der Waals surface area contributed by atoms with Crippen molar-refractivity contribution in [2.45, 2.75) is 62.9 Å². The standard InChI is InChI=1S/C16H27N3O2S/c1-3-8-18-9-5-12(6-10-18)17-15(21)13-11-22-16(2)7-4-14(20)19(13)16/h12-13H,3-11H2,1-2H3,(H,17,21). The Morgan fingerprint density at radius 1 is 1.41 bits per heavy atom. The largest absolute Gasteiger partial charge is 0.351 e. The second-order valence-corrected chi connectivity index (χ2v) is 8.39. The molecule has 22 heavy (non-hydrogen) atoms. The number of nitrogens with zero attached hydrogens (tertiary/aromatic N) is 2. The number of thioether (sulfide) groups is 1. The van der Waals surface area contributed by atoms with Crippen molar-refractivity contribution >= 4 is 23.6 Å². The first-order valence-electron chi connectivity index (χ1n) is 8.52. The van der Waals surface area contributed by atoms with Gasteiger partial charge in [-0.2, -0.15) is 0 Å². The quantitative estimate of drug-likeness (QED) is 0.850. The van der Waals surface area contributed by atoms with Crippen molar-refractivity contribution in [3.05, 3.63) is 0 Å². The lowest BCUT2D eigenvalue weighted by Crippen LogP contribution is -2.53.